The van der Waals surface area contributed by atoms with E-state index in [4.69, 9.17) is 22.1 Å². The summed E-state index contributed by atoms with van der Waals surface area (Å²) in [4.78, 5) is 2.30. The standard InChI is InChI=1S/C19H21N5OS/c26-19-23(15-22-11-13-25-14-12-22)21-18(20-16-7-3-1-4-8-16)24(19)17-9-5-2-6-10-17/h1-10H,11-15H2,(H,20,21). The molecule has 1 aromatic heterocycles. The fourth-order valence-corrected chi connectivity index (χ4v) is 3.26. The van der Waals surface area contributed by atoms with E-state index in [2.05, 4.69) is 10.2 Å². The molecule has 0 radical (unpaired) electrons. The van der Waals surface area contributed by atoms with E-state index in [1.807, 2.05) is 69.9 Å². The van der Waals surface area contributed by atoms with Crippen molar-refractivity contribution in [3.05, 3.63) is 65.4 Å². The van der Waals surface area contributed by atoms with Gasteiger partial charge >= 0.3 is 0 Å². The molecule has 0 aliphatic carbocycles. The molecule has 0 atom stereocenters. The second-order valence-corrected chi connectivity index (χ2v) is 6.50. The maximum absolute atomic E-state index is 5.75. The van der Waals surface area contributed by atoms with Crippen LogP contribution < -0.4 is 5.32 Å². The summed E-state index contributed by atoms with van der Waals surface area (Å²) in [5.74, 6) is 0.709. The van der Waals surface area contributed by atoms with Gasteiger partial charge in [0.15, 0.2) is 0 Å². The predicted octanol–water partition coefficient (Wildman–Crippen LogP) is 3.44. The topological polar surface area (TPSA) is 47.2 Å². The zero-order valence-corrected chi connectivity index (χ0v) is 15.2. The Hall–Kier alpha value is -2.48. The number of ether oxygens (including phenoxy) is 1. The van der Waals surface area contributed by atoms with Crippen LogP contribution in [0.2, 0.25) is 0 Å². The van der Waals surface area contributed by atoms with Crippen molar-refractivity contribution in [2.75, 3.05) is 31.6 Å². The summed E-state index contributed by atoms with van der Waals surface area (Å²) in [7, 11) is 0. The van der Waals surface area contributed by atoms with Crippen molar-refractivity contribution in [1.82, 2.24) is 19.2 Å². The van der Waals surface area contributed by atoms with E-state index in [1.54, 1.807) is 0 Å². The number of nitrogens with zero attached hydrogens (tertiary/aromatic N) is 4. The molecule has 3 aromatic rings. The first-order chi connectivity index (χ1) is 12.8. The van der Waals surface area contributed by atoms with Crippen LogP contribution in [0.1, 0.15) is 0 Å². The van der Waals surface area contributed by atoms with E-state index in [0.29, 0.717) is 17.4 Å². The Morgan fingerprint density at radius 1 is 0.962 bits per heavy atom. The largest absolute Gasteiger partial charge is 0.379 e. The predicted molar refractivity (Wildman–Crippen MR) is 105 cm³/mol. The highest BCUT2D eigenvalue weighted by Gasteiger charge is 2.16. The number of hydrogen-bond donors (Lipinski definition) is 1. The van der Waals surface area contributed by atoms with E-state index >= 15 is 0 Å². The number of morpholine rings is 1. The molecule has 6 nitrogen and oxygen atoms in total. The van der Waals surface area contributed by atoms with Gasteiger partial charge < -0.3 is 10.1 Å². The highest BCUT2D eigenvalue weighted by molar-refractivity contribution is 7.71. The molecular weight excluding hydrogens is 346 g/mol. The number of para-hydroxylation sites is 2. The fraction of sp³-hybridized carbons (Fsp3) is 0.263. The third-order valence-corrected chi connectivity index (χ3v) is 4.71. The van der Waals surface area contributed by atoms with Crippen LogP contribution in [0.15, 0.2) is 60.7 Å². The Balaban J connectivity index is 1.71. The lowest BCUT2D eigenvalue weighted by Crippen LogP contribution is -2.37. The summed E-state index contributed by atoms with van der Waals surface area (Å²) in [6.07, 6.45) is 0. The molecular formula is C19H21N5OS. The summed E-state index contributed by atoms with van der Waals surface area (Å²) in [6.45, 7) is 3.94. The molecule has 1 fully saturated rings. The molecule has 0 amide bonds. The molecule has 1 aliphatic heterocycles. The van der Waals surface area contributed by atoms with Crippen LogP contribution in [0.25, 0.3) is 5.69 Å². The number of rotatable bonds is 5. The number of hydrogen-bond acceptors (Lipinski definition) is 5. The van der Waals surface area contributed by atoms with Crippen molar-refractivity contribution < 1.29 is 4.74 Å². The van der Waals surface area contributed by atoms with E-state index in [0.717, 1.165) is 37.7 Å². The first kappa shape index (κ1) is 17.0. The Morgan fingerprint density at radius 2 is 1.62 bits per heavy atom. The van der Waals surface area contributed by atoms with Gasteiger partial charge in [0, 0.05) is 18.8 Å². The third-order valence-electron chi connectivity index (χ3n) is 4.32. The SMILES string of the molecule is S=c1n(CN2CCOCC2)nc(Nc2ccccc2)n1-c1ccccc1. The molecule has 2 aromatic carbocycles. The van der Waals surface area contributed by atoms with Gasteiger partial charge in [0.05, 0.1) is 25.6 Å². The molecule has 1 aliphatic rings. The normalized spacial score (nSPS) is 15.1. The van der Waals surface area contributed by atoms with Crippen molar-refractivity contribution in [2.45, 2.75) is 6.67 Å². The van der Waals surface area contributed by atoms with E-state index in [1.165, 1.54) is 0 Å². The Bertz CT molecular complexity index is 901. The van der Waals surface area contributed by atoms with Crippen molar-refractivity contribution in [3.8, 4) is 5.69 Å². The molecule has 26 heavy (non-hydrogen) atoms. The molecule has 0 bridgehead atoms. The summed E-state index contributed by atoms with van der Waals surface area (Å²) < 4.78 is 9.95. The van der Waals surface area contributed by atoms with Gasteiger partial charge in [-0.3, -0.25) is 9.47 Å². The van der Waals surface area contributed by atoms with Gasteiger partial charge in [0.1, 0.15) is 0 Å². The molecule has 4 rings (SSSR count). The Labute approximate surface area is 157 Å². The third kappa shape index (κ3) is 3.70. The fourth-order valence-electron chi connectivity index (χ4n) is 2.97. The van der Waals surface area contributed by atoms with Crippen molar-refractivity contribution in [1.29, 1.82) is 0 Å². The molecule has 134 valence electrons. The molecule has 1 N–H and O–H groups in total. The van der Waals surface area contributed by atoms with Gasteiger partial charge in [-0.25, -0.2) is 4.68 Å². The molecule has 0 saturated carbocycles. The van der Waals surface area contributed by atoms with Crippen molar-refractivity contribution >= 4 is 23.9 Å². The average Bonchev–Trinajstić information content (AvgIpc) is 2.99. The monoisotopic (exact) mass is 367 g/mol. The Morgan fingerprint density at radius 3 is 2.31 bits per heavy atom. The second-order valence-electron chi connectivity index (χ2n) is 6.14. The van der Waals surface area contributed by atoms with Crippen molar-refractivity contribution in [3.63, 3.8) is 0 Å². The van der Waals surface area contributed by atoms with Crippen LogP contribution in [0, 0.1) is 4.77 Å². The first-order valence-electron chi connectivity index (χ1n) is 8.69. The molecule has 2 heterocycles. The lowest BCUT2D eigenvalue weighted by atomic mass is 10.3. The molecule has 0 unspecified atom stereocenters. The van der Waals surface area contributed by atoms with E-state index in [-0.39, 0.29) is 0 Å². The number of aromatic nitrogens is 3. The molecule has 7 heteroatoms. The van der Waals surface area contributed by atoms with Crippen LogP contribution in [0.4, 0.5) is 11.6 Å². The number of nitrogens with one attached hydrogen (secondary N) is 1. The summed E-state index contributed by atoms with van der Waals surface area (Å²) in [5.41, 5.74) is 1.97. The van der Waals surface area contributed by atoms with Crippen molar-refractivity contribution in [2.24, 2.45) is 0 Å². The summed E-state index contributed by atoms with van der Waals surface area (Å²) in [6, 6.07) is 20.1. The Kier molecular flexibility index (Phi) is 5.10. The van der Waals surface area contributed by atoms with Crippen LogP contribution >= 0.6 is 12.2 Å². The van der Waals surface area contributed by atoms with Crippen LogP contribution in [0.5, 0.6) is 0 Å². The highest BCUT2D eigenvalue weighted by atomic mass is 32.1. The minimum Gasteiger partial charge on any atom is -0.379 e. The summed E-state index contributed by atoms with van der Waals surface area (Å²) >= 11 is 5.75. The minimum absolute atomic E-state index is 0.658. The van der Waals surface area contributed by atoms with Gasteiger partial charge in [-0.2, -0.15) is 0 Å². The van der Waals surface area contributed by atoms with Gasteiger partial charge in [-0.05, 0) is 36.5 Å². The molecule has 1 saturated heterocycles. The maximum atomic E-state index is 5.75. The average molecular weight is 367 g/mol. The lowest BCUT2D eigenvalue weighted by molar-refractivity contribution is 0.0210. The highest BCUT2D eigenvalue weighted by Crippen LogP contribution is 2.20. The van der Waals surface area contributed by atoms with E-state index in [9.17, 15) is 0 Å². The quantitative estimate of drug-likeness (QED) is 0.700. The number of benzene rings is 2. The number of anilines is 2. The van der Waals surface area contributed by atoms with Gasteiger partial charge in [-0.15, -0.1) is 5.10 Å². The zero-order valence-electron chi connectivity index (χ0n) is 14.4. The van der Waals surface area contributed by atoms with E-state index < -0.39 is 0 Å². The van der Waals surface area contributed by atoms with Crippen LogP contribution in [0.3, 0.4) is 0 Å². The van der Waals surface area contributed by atoms with Gasteiger partial charge in [0.2, 0.25) is 10.7 Å². The van der Waals surface area contributed by atoms with Gasteiger partial charge in [0.25, 0.3) is 0 Å². The van der Waals surface area contributed by atoms with Crippen LogP contribution in [-0.4, -0.2) is 45.6 Å². The first-order valence-corrected chi connectivity index (χ1v) is 9.09. The second kappa shape index (κ2) is 7.82. The van der Waals surface area contributed by atoms with Gasteiger partial charge in [-0.1, -0.05) is 36.4 Å². The smallest absolute Gasteiger partial charge is 0.232 e. The molecule has 0 spiro atoms. The summed E-state index contributed by atoms with van der Waals surface area (Å²) in [5, 5.41) is 8.15. The maximum Gasteiger partial charge on any atom is 0.232 e. The zero-order chi connectivity index (χ0) is 17.8. The van der Waals surface area contributed by atoms with Crippen LogP contribution in [-0.2, 0) is 11.4 Å². The lowest BCUT2D eigenvalue weighted by Gasteiger charge is -2.25. The minimum atomic E-state index is 0.658.